The zero-order valence-corrected chi connectivity index (χ0v) is 50.2. The van der Waals surface area contributed by atoms with Crippen molar-refractivity contribution in [3.05, 3.63) is 97.2 Å². The van der Waals surface area contributed by atoms with Crippen LogP contribution in [-0.4, -0.2) is 99.6 Å². The Morgan fingerprint density at radius 1 is 0.519 bits per heavy atom. The van der Waals surface area contributed by atoms with E-state index in [4.69, 9.17) is 14.2 Å². The number of carbonyl (C=O) groups excluding carboxylic acids is 2. The van der Waals surface area contributed by atoms with Crippen LogP contribution in [0.2, 0.25) is 0 Å². The fraction of sp³-hybridized carbons (Fsp3) is 0.735. The van der Waals surface area contributed by atoms with Gasteiger partial charge in [-0.25, -0.2) is 0 Å². The molecule has 1 aliphatic heterocycles. The van der Waals surface area contributed by atoms with Crippen molar-refractivity contribution in [2.24, 2.45) is 0 Å². The molecule has 1 aliphatic rings. The lowest BCUT2D eigenvalue weighted by Gasteiger charge is -2.41. The van der Waals surface area contributed by atoms with Crippen LogP contribution >= 0.6 is 0 Å². The number of nitrogens with one attached hydrogen (secondary N) is 1. The number of esters is 1. The van der Waals surface area contributed by atoms with Gasteiger partial charge < -0.3 is 45.1 Å². The lowest BCUT2D eigenvalue weighted by molar-refractivity contribution is -0.305. The van der Waals surface area contributed by atoms with E-state index in [1.807, 2.05) is 60.8 Å². The Balaban J connectivity index is 2.65. The smallest absolute Gasteiger partial charge is 0.306 e. The summed E-state index contributed by atoms with van der Waals surface area (Å²) >= 11 is 0. The zero-order valence-electron chi connectivity index (χ0n) is 50.2. The van der Waals surface area contributed by atoms with Gasteiger partial charge in [0, 0.05) is 6.42 Å². The van der Waals surface area contributed by atoms with Crippen molar-refractivity contribution in [2.75, 3.05) is 13.2 Å². The molecule has 454 valence electrons. The number of unbranched alkanes of at least 4 members (excludes halogenated alkanes) is 29. The molecule has 0 spiro atoms. The molecule has 0 aromatic carbocycles. The molecule has 0 aromatic rings. The largest absolute Gasteiger partial charge is 0.454 e. The third kappa shape index (κ3) is 43.0. The van der Waals surface area contributed by atoms with Gasteiger partial charge in [0.15, 0.2) is 12.4 Å². The minimum atomic E-state index is -1.65. The molecule has 8 unspecified atom stereocenters. The van der Waals surface area contributed by atoms with E-state index >= 15 is 0 Å². The van der Waals surface area contributed by atoms with E-state index in [9.17, 15) is 35.1 Å². The van der Waals surface area contributed by atoms with E-state index in [1.165, 1.54) is 154 Å². The highest BCUT2D eigenvalue weighted by Gasteiger charge is 2.47. The summed E-state index contributed by atoms with van der Waals surface area (Å²) in [6.07, 6.45) is 63.2. The van der Waals surface area contributed by atoms with Gasteiger partial charge in [-0.1, -0.05) is 279 Å². The van der Waals surface area contributed by atoms with Crippen LogP contribution in [0.5, 0.6) is 0 Å². The first-order valence-electron chi connectivity index (χ1n) is 32.1. The molecule has 1 heterocycles. The Kier molecular flexibility index (Phi) is 51.4. The van der Waals surface area contributed by atoms with E-state index in [0.29, 0.717) is 19.3 Å². The van der Waals surface area contributed by atoms with E-state index in [2.05, 4.69) is 56.5 Å². The molecule has 0 bridgehead atoms. The summed E-state index contributed by atoms with van der Waals surface area (Å²) in [7, 11) is 0. The van der Waals surface area contributed by atoms with Gasteiger partial charge in [0.05, 0.1) is 25.4 Å². The molecule has 11 nitrogen and oxygen atoms in total. The van der Waals surface area contributed by atoms with Crippen LogP contribution in [0.4, 0.5) is 0 Å². The average Bonchev–Trinajstić information content (AvgIpc) is 3.49. The number of hydrogen-bond donors (Lipinski definition) is 6. The molecule has 1 fully saturated rings. The SMILES string of the molecule is CC/C=C/C=C/C=C\C=C/C=C/CCCC(=O)OC1C(OCC(NC(=O)C(O)CCCCCCCCCCCCCCCC/C=C\C/C=C\CCCCC)C(O)/C=C/CCCCCCCCCCCCC)OC(CO)C(O)C1O. The Morgan fingerprint density at radius 2 is 0.962 bits per heavy atom. The summed E-state index contributed by atoms with van der Waals surface area (Å²) in [5.74, 6) is -1.27. The molecule has 79 heavy (non-hydrogen) atoms. The first-order valence-corrected chi connectivity index (χ1v) is 32.1. The number of allylic oxidation sites excluding steroid dienone is 15. The van der Waals surface area contributed by atoms with Crippen LogP contribution in [0.25, 0.3) is 0 Å². The number of aliphatic hydroxyl groups is 5. The third-order valence-corrected chi connectivity index (χ3v) is 14.6. The molecular formula is C68H117NO10. The number of hydrogen-bond acceptors (Lipinski definition) is 10. The van der Waals surface area contributed by atoms with Crippen LogP contribution in [0.1, 0.15) is 258 Å². The first-order chi connectivity index (χ1) is 38.7. The number of aliphatic hydroxyl groups excluding tert-OH is 5. The van der Waals surface area contributed by atoms with Gasteiger partial charge in [0.25, 0.3) is 0 Å². The standard InChI is InChI=1S/C68H117NO10/c1-4-7-10-13-16-19-22-25-26-27-28-29-30-31-32-33-34-35-38-40-43-46-49-52-55-61(72)67(76)69-59(60(71)54-51-48-45-42-39-36-23-20-17-14-11-8-5-2)58-77-68-66(65(75)64(74)62(57-70)78-68)79-63(73)56-53-50-47-44-41-37-24-21-18-15-12-9-6-3/h9,12,15-16,18-19,21,24-26,37,41,44,47,51,54,59-62,64-66,68,70-72,74-75H,4-8,10-11,13-14,17,20,22-23,27-36,38-40,42-43,45-46,48-50,52-53,55-58H2,1-3H3,(H,69,76)/b12-9+,18-15+,19-16-,24-21-,26-25-,41-37-,47-44+,54-51+. The Labute approximate surface area is 482 Å². The quantitative estimate of drug-likeness (QED) is 0.0149. The molecule has 0 saturated carbocycles. The van der Waals surface area contributed by atoms with Gasteiger partial charge in [-0.05, 0) is 70.6 Å². The summed E-state index contributed by atoms with van der Waals surface area (Å²) in [5, 5.41) is 57.0. The maximum absolute atomic E-state index is 13.4. The van der Waals surface area contributed by atoms with E-state index in [0.717, 1.165) is 51.4 Å². The highest BCUT2D eigenvalue weighted by atomic mass is 16.7. The minimum absolute atomic E-state index is 0.0239. The summed E-state index contributed by atoms with van der Waals surface area (Å²) in [6, 6.07) is -1.04. The predicted molar refractivity (Wildman–Crippen MR) is 329 cm³/mol. The van der Waals surface area contributed by atoms with Crippen molar-refractivity contribution in [2.45, 2.75) is 307 Å². The van der Waals surface area contributed by atoms with Crippen molar-refractivity contribution < 1.29 is 49.3 Å². The topological polar surface area (TPSA) is 175 Å². The highest BCUT2D eigenvalue weighted by Crippen LogP contribution is 2.26. The second-order valence-corrected chi connectivity index (χ2v) is 21.9. The lowest BCUT2D eigenvalue weighted by atomic mass is 9.99. The second kappa shape index (κ2) is 55.1. The van der Waals surface area contributed by atoms with Gasteiger partial charge in [0.2, 0.25) is 5.91 Å². The molecule has 1 saturated heterocycles. The summed E-state index contributed by atoms with van der Waals surface area (Å²) in [4.78, 5) is 26.5. The van der Waals surface area contributed by atoms with Crippen LogP contribution < -0.4 is 5.32 Å². The molecule has 8 atom stereocenters. The molecule has 1 rings (SSSR count). The van der Waals surface area contributed by atoms with Crippen LogP contribution in [-0.2, 0) is 23.8 Å². The van der Waals surface area contributed by atoms with Crippen LogP contribution in [0.15, 0.2) is 97.2 Å². The third-order valence-electron chi connectivity index (χ3n) is 14.6. The average molecular weight is 1110 g/mol. The molecule has 11 heteroatoms. The van der Waals surface area contributed by atoms with Crippen molar-refractivity contribution >= 4 is 11.9 Å². The van der Waals surface area contributed by atoms with E-state index in [1.54, 1.807) is 6.08 Å². The second-order valence-electron chi connectivity index (χ2n) is 21.9. The molecule has 0 aliphatic carbocycles. The van der Waals surface area contributed by atoms with E-state index < -0.39 is 67.4 Å². The number of ether oxygens (including phenoxy) is 3. The van der Waals surface area contributed by atoms with Gasteiger partial charge in [-0.15, -0.1) is 0 Å². The molecule has 0 aromatic heterocycles. The number of amides is 1. The van der Waals surface area contributed by atoms with Crippen molar-refractivity contribution in [3.63, 3.8) is 0 Å². The molecule has 0 radical (unpaired) electrons. The summed E-state index contributed by atoms with van der Waals surface area (Å²) in [6.45, 7) is 5.58. The van der Waals surface area contributed by atoms with Crippen LogP contribution in [0.3, 0.4) is 0 Å². The van der Waals surface area contributed by atoms with Crippen molar-refractivity contribution in [1.82, 2.24) is 5.32 Å². The van der Waals surface area contributed by atoms with Crippen LogP contribution in [0, 0.1) is 0 Å². The summed E-state index contributed by atoms with van der Waals surface area (Å²) < 4.78 is 17.5. The number of rotatable bonds is 53. The number of carbonyl (C=O) groups is 2. The van der Waals surface area contributed by atoms with Gasteiger partial charge in [0.1, 0.15) is 24.4 Å². The first kappa shape index (κ1) is 73.6. The Bertz CT molecular complexity index is 1650. The van der Waals surface area contributed by atoms with Gasteiger partial charge in [-0.3, -0.25) is 9.59 Å². The lowest BCUT2D eigenvalue weighted by Crippen LogP contribution is -2.61. The molecule has 1 amide bonds. The summed E-state index contributed by atoms with van der Waals surface area (Å²) in [5.41, 5.74) is 0. The van der Waals surface area contributed by atoms with E-state index in [-0.39, 0.29) is 19.4 Å². The normalized spacial score (nSPS) is 19.5. The fourth-order valence-electron chi connectivity index (χ4n) is 9.54. The zero-order chi connectivity index (χ0) is 57.5. The monoisotopic (exact) mass is 1110 g/mol. The highest BCUT2D eigenvalue weighted by molar-refractivity contribution is 5.80. The predicted octanol–water partition coefficient (Wildman–Crippen LogP) is 15.5. The molecule has 6 N–H and O–H groups in total. The van der Waals surface area contributed by atoms with Crippen molar-refractivity contribution in [3.8, 4) is 0 Å². The maximum Gasteiger partial charge on any atom is 0.306 e. The minimum Gasteiger partial charge on any atom is -0.454 e. The maximum atomic E-state index is 13.4. The Morgan fingerprint density at radius 3 is 1.48 bits per heavy atom. The van der Waals surface area contributed by atoms with Gasteiger partial charge >= 0.3 is 5.97 Å². The fourth-order valence-corrected chi connectivity index (χ4v) is 9.54. The van der Waals surface area contributed by atoms with Gasteiger partial charge in [-0.2, -0.15) is 0 Å². The molecular weight excluding hydrogens is 991 g/mol. The Hall–Kier alpha value is -3.42. The van der Waals surface area contributed by atoms with Crippen molar-refractivity contribution in [1.29, 1.82) is 0 Å².